The standard InChI is InChI=1S/C24H32ClN5O2/c1-3-30(4-2)22-10-7-20(23(31)15-22)16-26-27-24(32)18-29-13-11-28(12-14-29)17-19-5-8-21(25)9-6-19/h5-10,15-16,31H,3-4,11-14,17-18H2,1-2H3,(H,27,32)/b26-16-. The van der Waals surface area contributed by atoms with Crippen LogP contribution in [0, 0.1) is 0 Å². The second-order valence-electron chi connectivity index (χ2n) is 7.89. The number of phenolic OH excluding ortho intramolecular Hbond substituents is 1. The lowest BCUT2D eigenvalue weighted by Crippen LogP contribution is -2.48. The Balaban J connectivity index is 1.41. The third-order valence-electron chi connectivity index (χ3n) is 5.69. The van der Waals surface area contributed by atoms with Crippen LogP contribution >= 0.6 is 11.6 Å². The summed E-state index contributed by atoms with van der Waals surface area (Å²) in [5.41, 5.74) is 5.33. The van der Waals surface area contributed by atoms with Crippen LogP contribution in [0.3, 0.4) is 0 Å². The van der Waals surface area contributed by atoms with Gasteiger partial charge in [-0.1, -0.05) is 23.7 Å². The summed E-state index contributed by atoms with van der Waals surface area (Å²) in [6.45, 7) is 10.6. The van der Waals surface area contributed by atoms with E-state index in [9.17, 15) is 9.90 Å². The summed E-state index contributed by atoms with van der Waals surface area (Å²) in [6.07, 6.45) is 1.48. The van der Waals surface area contributed by atoms with Gasteiger partial charge >= 0.3 is 0 Å². The summed E-state index contributed by atoms with van der Waals surface area (Å²) in [5, 5.41) is 15.0. The number of benzene rings is 2. The number of phenols is 1. The first-order chi connectivity index (χ1) is 15.5. The Kier molecular flexibility index (Phi) is 8.90. The lowest BCUT2D eigenvalue weighted by molar-refractivity contribution is -0.122. The van der Waals surface area contributed by atoms with E-state index in [1.54, 1.807) is 12.1 Å². The Morgan fingerprint density at radius 2 is 1.75 bits per heavy atom. The number of hydrogen-bond acceptors (Lipinski definition) is 6. The van der Waals surface area contributed by atoms with Gasteiger partial charge in [0.05, 0.1) is 12.8 Å². The van der Waals surface area contributed by atoms with Crippen molar-refractivity contribution in [3.05, 3.63) is 58.6 Å². The van der Waals surface area contributed by atoms with Gasteiger partial charge in [-0.05, 0) is 43.7 Å². The van der Waals surface area contributed by atoms with E-state index in [0.717, 1.165) is 56.5 Å². The maximum atomic E-state index is 12.3. The number of halogens is 1. The summed E-state index contributed by atoms with van der Waals surface area (Å²) in [6, 6.07) is 13.4. The topological polar surface area (TPSA) is 71.4 Å². The van der Waals surface area contributed by atoms with Gasteiger partial charge < -0.3 is 10.0 Å². The van der Waals surface area contributed by atoms with E-state index in [-0.39, 0.29) is 11.7 Å². The predicted molar refractivity (Wildman–Crippen MR) is 131 cm³/mol. The van der Waals surface area contributed by atoms with Gasteiger partial charge in [-0.25, -0.2) is 5.43 Å². The molecule has 2 aromatic rings. The molecular weight excluding hydrogens is 426 g/mol. The van der Waals surface area contributed by atoms with Crippen LogP contribution in [0.25, 0.3) is 0 Å². The van der Waals surface area contributed by atoms with Crippen molar-refractivity contribution in [3.63, 3.8) is 0 Å². The third kappa shape index (κ3) is 6.95. The van der Waals surface area contributed by atoms with E-state index in [1.165, 1.54) is 11.8 Å². The molecule has 172 valence electrons. The number of nitrogens with one attached hydrogen (secondary N) is 1. The average Bonchev–Trinajstić information content (AvgIpc) is 2.79. The molecule has 1 aliphatic rings. The van der Waals surface area contributed by atoms with E-state index in [0.29, 0.717) is 12.1 Å². The van der Waals surface area contributed by atoms with Gasteiger partial charge in [0.25, 0.3) is 5.91 Å². The van der Waals surface area contributed by atoms with Crippen LogP contribution in [0.1, 0.15) is 25.0 Å². The Bertz CT molecular complexity index is 907. The van der Waals surface area contributed by atoms with Crippen LogP contribution < -0.4 is 10.3 Å². The number of aromatic hydroxyl groups is 1. The molecule has 0 aliphatic carbocycles. The van der Waals surface area contributed by atoms with Gasteiger partial charge in [-0.3, -0.25) is 14.6 Å². The van der Waals surface area contributed by atoms with Crippen LogP contribution in [0.15, 0.2) is 47.6 Å². The van der Waals surface area contributed by atoms with Crippen molar-refractivity contribution in [2.24, 2.45) is 5.10 Å². The zero-order valence-corrected chi connectivity index (χ0v) is 19.6. The number of amides is 1. The van der Waals surface area contributed by atoms with E-state index >= 15 is 0 Å². The van der Waals surface area contributed by atoms with Crippen LogP contribution in [-0.2, 0) is 11.3 Å². The summed E-state index contributed by atoms with van der Waals surface area (Å²) in [4.78, 5) is 18.9. The smallest absolute Gasteiger partial charge is 0.254 e. The highest BCUT2D eigenvalue weighted by molar-refractivity contribution is 6.30. The van der Waals surface area contributed by atoms with Crippen LogP contribution in [0.5, 0.6) is 5.75 Å². The van der Waals surface area contributed by atoms with Crippen molar-refractivity contribution in [2.45, 2.75) is 20.4 Å². The lowest BCUT2D eigenvalue weighted by Gasteiger charge is -2.34. The fourth-order valence-electron chi connectivity index (χ4n) is 3.79. The van der Waals surface area contributed by atoms with Crippen molar-refractivity contribution >= 4 is 29.4 Å². The second-order valence-corrected chi connectivity index (χ2v) is 8.32. The highest BCUT2D eigenvalue weighted by Crippen LogP contribution is 2.23. The van der Waals surface area contributed by atoms with Gasteiger partial charge in [0.2, 0.25) is 0 Å². The minimum absolute atomic E-state index is 0.143. The van der Waals surface area contributed by atoms with Crippen molar-refractivity contribution in [1.82, 2.24) is 15.2 Å². The molecule has 3 rings (SSSR count). The third-order valence-corrected chi connectivity index (χ3v) is 5.94. The minimum Gasteiger partial charge on any atom is -0.507 e. The molecule has 1 fully saturated rings. The Morgan fingerprint density at radius 3 is 2.38 bits per heavy atom. The number of hydrogen-bond donors (Lipinski definition) is 2. The summed E-state index contributed by atoms with van der Waals surface area (Å²) >= 11 is 5.95. The molecule has 0 bridgehead atoms. The maximum Gasteiger partial charge on any atom is 0.254 e. The molecule has 0 saturated carbocycles. The number of nitrogens with zero attached hydrogens (tertiary/aromatic N) is 4. The van der Waals surface area contributed by atoms with E-state index in [1.807, 2.05) is 18.2 Å². The molecule has 1 saturated heterocycles. The van der Waals surface area contributed by atoms with Crippen LogP contribution in [0.4, 0.5) is 5.69 Å². The largest absolute Gasteiger partial charge is 0.507 e. The summed E-state index contributed by atoms with van der Waals surface area (Å²) < 4.78 is 0. The molecule has 0 atom stereocenters. The number of piperazine rings is 1. The normalized spacial score (nSPS) is 15.2. The quantitative estimate of drug-likeness (QED) is 0.447. The predicted octanol–water partition coefficient (Wildman–Crippen LogP) is 3.16. The van der Waals surface area contributed by atoms with Gasteiger partial charge in [0, 0.05) is 68.2 Å². The number of carbonyl (C=O) groups excluding carboxylic acids is 1. The molecule has 1 heterocycles. The molecule has 32 heavy (non-hydrogen) atoms. The fraction of sp³-hybridized carbons (Fsp3) is 0.417. The highest BCUT2D eigenvalue weighted by Gasteiger charge is 2.19. The molecule has 0 unspecified atom stereocenters. The SMILES string of the molecule is CCN(CC)c1ccc(/C=N\NC(=O)CN2CCN(Cc3ccc(Cl)cc3)CC2)c(O)c1. The summed E-state index contributed by atoms with van der Waals surface area (Å²) in [7, 11) is 0. The first-order valence-corrected chi connectivity index (χ1v) is 11.4. The Labute approximate surface area is 195 Å². The van der Waals surface area contributed by atoms with Crippen LogP contribution in [-0.4, -0.2) is 72.8 Å². The zero-order valence-electron chi connectivity index (χ0n) is 18.8. The van der Waals surface area contributed by atoms with Crippen LogP contribution in [0.2, 0.25) is 5.02 Å². The number of rotatable bonds is 9. The Morgan fingerprint density at radius 1 is 1.09 bits per heavy atom. The van der Waals surface area contributed by atoms with E-state index in [2.05, 4.69) is 51.2 Å². The maximum absolute atomic E-state index is 12.3. The minimum atomic E-state index is -0.161. The molecule has 1 amide bonds. The van der Waals surface area contributed by atoms with Gasteiger partial charge in [-0.2, -0.15) is 5.10 Å². The first-order valence-electron chi connectivity index (χ1n) is 11.1. The Hall–Kier alpha value is -2.61. The van der Waals surface area contributed by atoms with Crippen molar-refractivity contribution in [3.8, 4) is 5.75 Å². The van der Waals surface area contributed by atoms with Gasteiger partial charge in [-0.15, -0.1) is 0 Å². The second kappa shape index (κ2) is 11.9. The zero-order chi connectivity index (χ0) is 22.9. The average molecular weight is 458 g/mol. The fourth-order valence-corrected chi connectivity index (χ4v) is 3.92. The van der Waals surface area contributed by atoms with Crippen molar-refractivity contribution in [2.75, 3.05) is 50.7 Å². The molecule has 2 N–H and O–H groups in total. The van der Waals surface area contributed by atoms with Crippen molar-refractivity contribution < 1.29 is 9.90 Å². The highest BCUT2D eigenvalue weighted by atomic mass is 35.5. The number of anilines is 1. The van der Waals surface area contributed by atoms with E-state index < -0.39 is 0 Å². The lowest BCUT2D eigenvalue weighted by atomic mass is 10.2. The van der Waals surface area contributed by atoms with Crippen molar-refractivity contribution in [1.29, 1.82) is 0 Å². The molecule has 2 aromatic carbocycles. The molecule has 0 spiro atoms. The summed E-state index contributed by atoms with van der Waals surface area (Å²) in [5.74, 6) is -0.0177. The number of hydrazone groups is 1. The monoisotopic (exact) mass is 457 g/mol. The molecule has 0 radical (unpaired) electrons. The molecule has 8 heteroatoms. The molecule has 1 aliphatic heterocycles. The van der Waals surface area contributed by atoms with E-state index in [4.69, 9.17) is 11.6 Å². The molecule has 7 nitrogen and oxygen atoms in total. The molecule has 0 aromatic heterocycles. The first kappa shape index (κ1) is 24.0. The van der Waals surface area contributed by atoms with Gasteiger partial charge in [0.1, 0.15) is 5.75 Å². The number of carbonyl (C=O) groups is 1. The molecular formula is C24H32ClN5O2. The van der Waals surface area contributed by atoms with Gasteiger partial charge in [0.15, 0.2) is 0 Å².